The molecule has 0 bridgehead atoms. The van der Waals surface area contributed by atoms with Crippen LogP contribution in [-0.2, 0) is 10.0 Å². The molecule has 0 amide bonds. The fourth-order valence-electron chi connectivity index (χ4n) is 4.08. The Morgan fingerprint density at radius 2 is 1.70 bits per heavy atom. The molecule has 1 atom stereocenters. The minimum Gasteiger partial charge on any atom is -0.508 e. The van der Waals surface area contributed by atoms with E-state index in [0.717, 1.165) is 30.2 Å². The number of nitrogens with zero attached hydrogens (tertiary/aromatic N) is 1. The van der Waals surface area contributed by atoms with Gasteiger partial charge in [0, 0.05) is 19.6 Å². The molecule has 8 heteroatoms. The lowest BCUT2D eigenvalue weighted by Crippen LogP contribution is -2.42. The van der Waals surface area contributed by atoms with E-state index in [4.69, 9.17) is 4.74 Å². The fraction of sp³-hybridized carbons (Fsp3) is 0.360. The zero-order valence-corrected chi connectivity index (χ0v) is 19.2. The van der Waals surface area contributed by atoms with Gasteiger partial charge in [-0.25, -0.2) is 8.42 Å². The first kappa shape index (κ1) is 23.5. The third-order valence-corrected chi connectivity index (χ3v) is 7.92. The van der Waals surface area contributed by atoms with Crippen molar-refractivity contribution in [3.63, 3.8) is 0 Å². The first-order valence-electron chi connectivity index (χ1n) is 11.2. The Morgan fingerprint density at radius 1 is 1.00 bits per heavy atom. The number of phenolic OH excluding ortho intramolecular Hbond substituents is 1. The van der Waals surface area contributed by atoms with Crippen molar-refractivity contribution in [2.75, 3.05) is 32.8 Å². The molecular weight excluding hydrogens is 440 g/mol. The normalized spacial score (nSPS) is 16.6. The molecule has 33 heavy (non-hydrogen) atoms. The highest BCUT2D eigenvalue weighted by molar-refractivity contribution is 7.89. The van der Waals surface area contributed by atoms with E-state index in [9.17, 15) is 18.6 Å². The van der Waals surface area contributed by atoms with Gasteiger partial charge in [0.05, 0.1) is 4.90 Å². The summed E-state index contributed by atoms with van der Waals surface area (Å²) in [5.74, 6) is 1.12. The standard InChI is InChI=1S/C25H30N2O5S/c28-22-6-8-24(9-7-22)32-18-23(29)17-26-16-19-11-13-27(14-12-19)33(30,31)25-10-5-20-3-1-2-4-21(20)15-25/h1-10,15,19,23,26,28-29H,11-14,16-18H2/t23-/m1/s1. The van der Waals surface area contributed by atoms with Crippen molar-refractivity contribution in [1.29, 1.82) is 0 Å². The number of benzene rings is 3. The maximum atomic E-state index is 13.1. The highest BCUT2D eigenvalue weighted by Gasteiger charge is 2.29. The first-order valence-corrected chi connectivity index (χ1v) is 12.7. The maximum Gasteiger partial charge on any atom is 0.243 e. The fourth-order valence-corrected chi connectivity index (χ4v) is 5.58. The number of fused-ring (bicyclic) bond motifs is 1. The van der Waals surface area contributed by atoms with E-state index in [0.29, 0.717) is 36.2 Å². The number of ether oxygens (including phenoxy) is 1. The molecule has 0 unspecified atom stereocenters. The number of nitrogens with one attached hydrogen (secondary N) is 1. The molecule has 3 aromatic rings. The molecule has 0 spiro atoms. The van der Waals surface area contributed by atoms with Crippen LogP contribution < -0.4 is 10.1 Å². The van der Waals surface area contributed by atoms with Gasteiger partial charge in [-0.3, -0.25) is 0 Å². The summed E-state index contributed by atoms with van der Waals surface area (Å²) in [5.41, 5.74) is 0. The Balaban J connectivity index is 1.21. The number of rotatable bonds is 9. The van der Waals surface area contributed by atoms with Gasteiger partial charge in [0.15, 0.2) is 0 Å². The molecule has 0 saturated carbocycles. The Labute approximate surface area is 194 Å². The average Bonchev–Trinajstić information content (AvgIpc) is 2.83. The number of sulfonamides is 1. The number of phenols is 1. The Hall–Kier alpha value is -2.65. The van der Waals surface area contributed by atoms with Gasteiger partial charge in [-0.1, -0.05) is 30.3 Å². The van der Waals surface area contributed by atoms with Crippen molar-refractivity contribution in [2.24, 2.45) is 5.92 Å². The van der Waals surface area contributed by atoms with Crippen LogP contribution in [0.1, 0.15) is 12.8 Å². The van der Waals surface area contributed by atoms with E-state index in [-0.39, 0.29) is 12.4 Å². The van der Waals surface area contributed by atoms with E-state index < -0.39 is 16.1 Å². The van der Waals surface area contributed by atoms with Crippen molar-refractivity contribution in [2.45, 2.75) is 23.8 Å². The molecule has 4 rings (SSSR count). The van der Waals surface area contributed by atoms with Crippen molar-refractivity contribution in [3.8, 4) is 11.5 Å². The van der Waals surface area contributed by atoms with Gasteiger partial charge >= 0.3 is 0 Å². The lowest BCUT2D eigenvalue weighted by molar-refractivity contribution is 0.104. The average molecular weight is 471 g/mol. The highest BCUT2D eigenvalue weighted by Crippen LogP contribution is 2.26. The Bertz CT molecular complexity index is 1160. The van der Waals surface area contributed by atoms with Gasteiger partial charge in [-0.15, -0.1) is 0 Å². The number of aromatic hydroxyl groups is 1. The number of aliphatic hydroxyl groups is 1. The first-order chi connectivity index (χ1) is 15.9. The number of hydrogen-bond donors (Lipinski definition) is 3. The summed E-state index contributed by atoms with van der Waals surface area (Å²) in [7, 11) is -3.51. The van der Waals surface area contributed by atoms with Crippen molar-refractivity contribution in [3.05, 3.63) is 66.7 Å². The maximum absolute atomic E-state index is 13.1. The zero-order valence-electron chi connectivity index (χ0n) is 18.4. The van der Waals surface area contributed by atoms with Crippen LogP contribution in [0.4, 0.5) is 0 Å². The molecule has 1 heterocycles. The second kappa shape index (κ2) is 10.5. The van der Waals surface area contributed by atoms with Crippen LogP contribution in [0, 0.1) is 5.92 Å². The summed E-state index contributed by atoms with van der Waals surface area (Å²) >= 11 is 0. The lowest BCUT2D eigenvalue weighted by Gasteiger charge is -2.31. The monoisotopic (exact) mass is 470 g/mol. The number of hydrogen-bond acceptors (Lipinski definition) is 6. The minimum absolute atomic E-state index is 0.153. The molecule has 1 saturated heterocycles. The highest BCUT2D eigenvalue weighted by atomic mass is 32.2. The van der Waals surface area contributed by atoms with Crippen molar-refractivity contribution < 1.29 is 23.4 Å². The van der Waals surface area contributed by atoms with E-state index in [1.165, 1.54) is 12.1 Å². The Kier molecular flexibility index (Phi) is 7.49. The smallest absolute Gasteiger partial charge is 0.243 e. The Morgan fingerprint density at radius 3 is 2.42 bits per heavy atom. The quantitative estimate of drug-likeness (QED) is 0.445. The summed E-state index contributed by atoms with van der Waals surface area (Å²) in [6.07, 6.45) is 0.895. The van der Waals surface area contributed by atoms with Gasteiger partial charge in [-0.05, 0) is 72.5 Å². The summed E-state index contributed by atoms with van der Waals surface area (Å²) in [6, 6.07) is 19.4. The second-order valence-electron chi connectivity index (χ2n) is 8.47. The molecule has 0 radical (unpaired) electrons. The summed E-state index contributed by atoms with van der Waals surface area (Å²) < 4.78 is 33.3. The molecule has 176 valence electrons. The largest absolute Gasteiger partial charge is 0.508 e. The third kappa shape index (κ3) is 6.03. The summed E-state index contributed by atoms with van der Waals surface area (Å²) in [6.45, 7) is 2.26. The molecule has 0 aliphatic carbocycles. The molecule has 3 N–H and O–H groups in total. The lowest BCUT2D eigenvalue weighted by atomic mass is 9.98. The molecule has 1 fully saturated rings. The van der Waals surface area contributed by atoms with E-state index in [1.807, 2.05) is 30.3 Å². The van der Waals surface area contributed by atoms with Gasteiger partial charge in [0.25, 0.3) is 0 Å². The van der Waals surface area contributed by atoms with Crippen LogP contribution in [0.15, 0.2) is 71.6 Å². The number of piperidine rings is 1. The molecule has 1 aliphatic rings. The molecule has 3 aromatic carbocycles. The second-order valence-corrected chi connectivity index (χ2v) is 10.4. The van der Waals surface area contributed by atoms with Gasteiger partial charge < -0.3 is 20.3 Å². The van der Waals surface area contributed by atoms with E-state index in [2.05, 4.69) is 5.32 Å². The molecule has 0 aromatic heterocycles. The van der Waals surface area contributed by atoms with E-state index >= 15 is 0 Å². The van der Waals surface area contributed by atoms with Crippen LogP contribution in [0.5, 0.6) is 11.5 Å². The van der Waals surface area contributed by atoms with Crippen LogP contribution in [0.3, 0.4) is 0 Å². The summed E-state index contributed by atoms with van der Waals surface area (Å²) in [4.78, 5) is 0.342. The molecule has 7 nitrogen and oxygen atoms in total. The van der Waals surface area contributed by atoms with Crippen molar-refractivity contribution in [1.82, 2.24) is 9.62 Å². The van der Waals surface area contributed by atoms with E-state index in [1.54, 1.807) is 28.6 Å². The molecule has 1 aliphatic heterocycles. The van der Waals surface area contributed by atoms with Crippen molar-refractivity contribution >= 4 is 20.8 Å². The topological polar surface area (TPSA) is 99.1 Å². The van der Waals surface area contributed by atoms with Crippen LogP contribution >= 0.6 is 0 Å². The van der Waals surface area contributed by atoms with Crippen LogP contribution in [-0.4, -0.2) is 61.8 Å². The summed E-state index contributed by atoms with van der Waals surface area (Å²) in [5, 5.41) is 24.6. The number of aliphatic hydroxyl groups excluding tert-OH is 1. The predicted octanol–water partition coefficient (Wildman–Crippen LogP) is 2.98. The SMILES string of the molecule is O=S(=O)(c1ccc2ccccc2c1)N1CCC(CNC[C@@H](O)COc2ccc(O)cc2)CC1. The van der Waals surface area contributed by atoms with Crippen LogP contribution in [0.2, 0.25) is 0 Å². The van der Waals surface area contributed by atoms with Gasteiger partial charge in [0.2, 0.25) is 10.0 Å². The van der Waals surface area contributed by atoms with Gasteiger partial charge in [0.1, 0.15) is 24.2 Å². The molecular formula is C25H30N2O5S. The third-order valence-electron chi connectivity index (χ3n) is 6.02. The van der Waals surface area contributed by atoms with Gasteiger partial charge in [-0.2, -0.15) is 4.31 Å². The van der Waals surface area contributed by atoms with Crippen LogP contribution in [0.25, 0.3) is 10.8 Å². The predicted molar refractivity (Wildman–Crippen MR) is 128 cm³/mol. The minimum atomic E-state index is -3.51. The zero-order chi connectivity index (χ0) is 23.3.